The zero-order valence-electron chi connectivity index (χ0n) is 10.0. The van der Waals surface area contributed by atoms with Gasteiger partial charge < -0.3 is 9.84 Å². The Kier molecular flexibility index (Phi) is 4.42. The van der Waals surface area contributed by atoms with E-state index in [-0.39, 0.29) is 18.0 Å². The van der Waals surface area contributed by atoms with Crippen LogP contribution >= 0.6 is 0 Å². The first kappa shape index (κ1) is 13.7. The van der Waals surface area contributed by atoms with Crippen LogP contribution in [0.15, 0.2) is 24.3 Å². The fraction of sp³-hybridized carbons (Fsp3) is 0.250. The predicted molar refractivity (Wildman–Crippen MR) is 64.8 cm³/mol. The molecule has 0 fully saturated rings. The van der Waals surface area contributed by atoms with Crippen molar-refractivity contribution in [3.05, 3.63) is 45.5 Å². The summed E-state index contributed by atoms with van der Waals surface area (Å²) in [6.45, 7) is 3.43. The SMILES string of the molecule is Cc1cc(C)c(OCC=CC(=O)O)c([N+](=O)[O-])c1. The van der Waals surface area contributed by atoms with Gasteiger partial charge in [0.1, 0.15) is 6.61 Å². The Morgan fingerprint density at radius 2 is 2.17 bits per heavy atom. The summed E-state index contributed by atoms with van der Waals surface area (Å²) in [5.74, 6) is -0.922. The normalized spacial score (nSPS) is 10.6. The Balaban J connectivity index is 2.93. The van der Waals surface area contributed by atoms with E-state index in [0.717, 1.165) is 11.6 Å². The molecule has 1 aromatic carbocycles. The van der Waals surface area contributed by atoms with Crippen molar-refractivity contribution in [2.24, 2.45) is 0 Å². The van der Waals surface area contributed by atoms with Crippen LogP contribution in [0.1, 0.15) is 11.1 Å². The highest BCUT2D eigenvalue weighted by Crippen LogP contribution is 2.31. The minimum absolute atomic E-state index is 0.0307. The van der Waals surface area contributed by atoms with E-state index in [1.807, 2.05) is 0 Å². The average molecular weight is 251 g/mol. The van der Waals surface area contributed by atoms with Crippen LogP contribution in [-0.4, -0.2) is 22.6 Å². The highest BCUT2D eigenvalue weighted by atomic mass is 16.6. The van der Waals surface area contributed by atoms with Crippen molar-refractivity contribution in [1.82, 2.24) is 0 Å². The minimum Gasteiger partial charge on any atom is -0.482 e. The van der Waals surface area contributed by atoms with Gasteiger partial charge in [-0.1, -0.05) is 6.07 Å². The van der Waals surface area contributed by atoms with Crippen LogP contribution in [0.25, 0.3) is 0 Å². The largest absolute Gasteiger partial charge is 0.482 e. The van der Waals surface area contributed by atoms with Crippen LogP contribution in [0, 0.1) is 24.0 Å². The molecule has 0 atom stereocenters. The van der Waals surface area contributed by atoms with E-state index in [9.17, 15) is 14.9 Å². The second-order valence-electron chi connectivity index (χ2n) is 3.74. The molecular weight excluding hydrogens is 238 g/mol. The van der Waals surface area contributed by atoms with Gasteiger partial charge in [0.15, 0.2) is 5.75 Å². The number of hydrogen-bond acceptors (Lipinski definition) is 4. The molecule has 0 saturated heterocycles. The molecule has 0 radical (unpaired) electrons. The molecule has 0 saturated carbocycles. The average Bonchev–Trinajstić information content (AvgIpc) is 2.25. The van der Waals surface area contributed by atoms with Crippen LogP contribution in [-0.2, 0) is 4.79 Å². The van der Waals surface area contributed by atoms with Gasteiger partial charge in [-0.3, -0.25) is 10.1 Å². The van der Waals surface area contributed by atoms with E-state index in [4.69, 9.17) is 9.84 Å². The van der Waals surface area contributed by atoms with E-state index in [2.05, 4.69) is 0 Å². The van der Waals surface area contributed by atoms with E-state index in [1.54, 1.807) is 19.9 Å². The fourth-order valence-corrected chi connectivity index (χ4v) is 1.54. The second kappa shape index (κ2) is 5.81. The monoisotopic (exact) mass is 251 g/mol. The lowest BCUT2D eigenvalue weighted by Crippen LogP contribution is -2.01. The standard InChI is InChI=1S/C12H13NO5/c1-8-6-9(2)12(10(7-8)13(16)17)18-5-3-4-11(14)15/h3-4,6-7H,5H2,1-2H3,(H,14,15). The minimum atomic E-state index is -1.09. The molecule has 0 amide bonds. The van der Waals surface area contributed by atoms with Gasteiger partial charge in [0.05, 0.1) is 4.92 Å². The number of aliphatic carboxylic acids is 1. The lowest BCUT2D eigenvalue weighted by Gasteiger charge is -2.08. The molecule has 18 heavy (non-hydrogen) atoms. The van der Waals surface area contributed by atoms with Gasteiger partial charge in [-0.15, -0.1) is 0 Å². The van der Waals surface area contributed by atoms with Crippen LogP contribution in [0.2, 0.25) is 0 Å². The van der Waals surface area contributed by atoms with E-state index in [1.165, 1.54) is 12.1 Å². The summed E-state index contributed by atoms with van der Waals surface area (Å²) in [5.41, 5.74) is 1.30. The van der Waals surface area contributed by atoms with Crippen molar-refractivity contribution < 1.29 is 19.6 Å². The number of nitrogens with zero attached hydrogens (tertiary/aromatic N) is 1. The van der Waals surface area contributed by atoms with Crippen molar-refractivity contribution in [1.29, 1.82) is 0 Å². The number of ether oxygens (including phenoxy) is 1. The quantitative estimate of drug-likeness (QED) is 0.492. The maximum Gasteiger partial charge on any atom is 0.328 e. The Morgan fingerprint density at radius 1 is 1.50 bits per heavy atom. The molecular formula is C12H13NO5. The lowest BCUT2D eigenvalue weighted by molar-refractivity contribution is -0.385. The smallest absolute Gasteiger partial charge is 0.328 e. The van der Waals surface area contributed by atoms with Crippen molar-refractivity contribution in [2.45, 2.75) is 13.8 Å². The first-order valence-corrected chi connectivity index (χ1v) is 5.19. The van der Waals surface area contributed by atoms with Gasteiger partial charge in [-0.2, -0.15) is 0 Å². The molecule has 0 aliphatic heterocycles. The van der Waals surface area contributed by atoms with E-state index >= 15 is 0 Å². The Hall–Kier alpha value is -2.37. The molecule has 0 unspecified atom stereocenters. The molecule has 6 heteroatoms. The predicted octanol–water partition coefficient (Wildman–Crippen LogP) is 2.23. The van der Waals surface area contributed by atoms with Crippen LogP contribution in [0.5, 0.6) is 5.75 Å². The number of benzene rings is 1. The summed E-state index contributed by atoms with van der Waals surface area (Å²) < 4.78 is 5.24. The number of carboxylic acids is 1. The zero-order valence-corrected chi connectivity index (χ0v) is 10.0. The number of carboxylic acid groups (broad SMARTS) is 1. The molecule has 1 N–H and O–H groups in total. The van der Waals surface area contributed by atoms with Crippen molar-refractivity contribution in [3.63, 3.8) is 0 Å². The van der Waals surface area contributed by atoms with Crippen molar-refractivity contribution >= 4 is 11.7 Å². The molecule has 96 valence electrons. The molecule has 0 aliphatic rings. The van der Waals surface area contributed by atoms with Gasteiger partial charge >= 0.3 is 11.7 Å². The third-order valence-corrected chi connectivity index (χ3v) is 2.18. The van der Waals surface area contributed by atoms with Gasteiger partial charge in [-0.25, -0.2) is 4.79 Å². The molecule has 0 heterocycles. The summed E-state index contributed by atoms with van der Waals surface area (Å²) in [7, 11) is 0. The van der Waals surface area contributed by atoms with Crippen molar-refractivity contribution in [2.75, 3.05) is 6.61 Å². The number of aryl methyl sites for hydroxylation is 2. The summed E-state index contributed by atoms with van der Waals surface area (Å²) >= 11 is 0. The maximum atomic E-state index is 10.9. The van der Waals surface area contributed by atoms with Gasteiger partial charge in [0.2, 0.25) is 0 Å². The first-order chi connectivity index (χ1) is 8.41. The number of carbonyl (C=O) groups is 1. The highest BCUT2D eigenvalue weighted by Gasteiger charge is 2.17. The van der Waals surface area contributed by atoms with E-state index in [0.29, 0.717) is 5.56 Å². The van der Waals surface area contributed by atoms with Crippen LogP contribution < -0.4 is 4.74 Å². The zero-order chi connectivity index (χ0) is 13.7. The summed E-state index contributed by atoms with van der Waals surface area (Å²) in [5, 5.41) is 19.3. The van der Waals surface area contributed by atoms with Gasteiger partial charge in [0.25, 0.3) is 0 Å². The van der Waals surface area contributed by atoms with Gasteiger partial charge in [-0.05, 0) is 31.1 Å². The lowest BCUT2D eigenvalue weighted by atomic mass is 10.1. The maximum absolute atomic E-state index is 10.9. The highest BCUT2D eigenvalue weighted by molar-refractivity contribution is 5.79. The topological polar surface area (TPSA) is 89.7 Å². The molecule has 1 aromatic rings. The molecule has 1 rings (SSSR count). The number of hydrogen-bond donors (Lipinski definition) is 1. The second-order valence-corrected chi connectivity index (χ2v) is 3.74. The molecule has 0 bridgehead atoms. The number of rotatable bonds is 5. The molecule has 0 aromatic heterocycles. The third-order valence-electron chi connectivity index (χ3n) is 2.18. The molecule has 0 aliphatic carbocycles. The molecule has 6 nitrogen and oxygen atoms in total. The van der Waals surface area contributed by atoms with E-state index < -0.39 is 10.9 Å². The number of nitro groups is 1. The first-order valence-electron chi connectivity index (χ1n) is 5.19. The Labute approximate surface area is 104 Å². The van der Waals surface area contributed by atoms with Crippen LogP contribution in [0.4, 0.5) is 5.69 Å². The third kappa shape index (κ3) is 3.58. The fourth-order valence-electron chi connectivity index (χ4n) is 1.54. The van der Waals surface area contributed by atoms with Crippen LogP contribution in [0.3, 0.4) is 0 Å². The Morgan fingerprint density at radius 3 is 2.72 bits per heavy atom. The summed E-state index contributed by atoms with van der Waals surface area (Å²) in [6, 6.07) is 3.19. The summed E-state index contributed by atoms with van der Waals surface area (Å²) in [4.78, 5) is 20.6. The Bertz CT molecular complexity index is 507. The summed E-state index contributed by atoms with van der Waals surface area (Å²) in [6.07, 6.45) is 2.21. The van der Waals surface area contributed by atoms with Gasteiger partial charge in [0, 0.05) is 12.1 Å². The number of nitro benzene ring substituents is 1. The van der Waals surface area contributed by atoms with Crippen molar-refractivity contribution in [3.8, 4) is 5.75 Å². The molecule has 0 spiro atoms.